The average molecular weight is 393 g/mol. The van der Waals surface area contributed by atoms with Crippen molar-refractivity contribution < 1.29 is 10.0 Å². The summed E-state index contributed by atoms with van der Waals surface area (Å²) in [6.07, 6.45) is 0.901. The van der Waals surface area contributed by atoms with E-state index in [2.05, 4.69) is 0 Å². The average Bonchev–Trinajstić information content (AvgIpc) is 3.04. The van der Waals surface area contributed by atoms with Crippen LogP contribution in [0.1, 0.15) is 28.5 Å². The molecule has 2 aliphatic rings. The maximum absolute atomic E-state index is 13.3. The molecule has 2 atom stereocenters. The van der Waals surface area contributed by atoms with Gasteiger partial charge in [0.25, 0.3) is 11.5 Å². The third-order valence-corrected chi connectivity index (χ3v) is 6.25. The van der Waals surface area contributed by atoms with Crippen LogP contribution in [0.3, 0.4) is 0 Å². The number of carbonyl (C=O) groups is 1. The molecule has 1 N–H and O–H groups in total. The van der Waals surface area contributed by atoms with E-state index in [1.807, 2.05) is 46.8 Å². The zero-order valence-corrected chi connectivity index (χ0v) is 16.0. The number of aromatic nitrogens is 2. The Labute approximate surface area is 166 Å². The number of benzene rings is 1. The van der Waals surface area contributed by atoms with E-state index in [1.54, 1.807) is 10.6 Å². The Bertz CT molecular complexity index is 1180. The summed E-state index contributed by atoms with van der Waals surface area (Å²) in [5.41, 5.74) is 1.72. The molecule has 1 amide bonds. The normalized spacial score (nSPS) is 20.6. The summed E-state index contributed by atoms with van der Waals surface area (Å²) in [4.78, 5) is 27.7. The fraction of sp³-hybridized carbons (Fsp3) is 0.333. The van der Waals surface area contributed by atoms with Crippen LogP contribution in [0.15, 0.2) is 47.3 Å². The van der Waals surface area contributed by atoms with Crippen LogP contribution in [0.5, 0.6) is 0 Å². The molecule has 1 saturated heterocycles. The van der Waals surface area contributed by atoms with Crippen LogP contribution in [0.25, 0.3) is 10.9 Å². The Balaban J connectivity index is 1.47. The van der Waals surface area contributed by atoms with E-state index >= 15 is 0 Å². The van der Waals surface area contributed by atoms with Crippen molar-refractivity contribution in [2.24, 2.45) is 13.0 Å². The first kappa shape index (κ1) is 18.0. The number of fused-ring (bicyclic) bond motifs is 5. The van der Waals surface area contributed by atoms with Gasteiger partial charge in [-0.25, -0.2) is 0 Å². The molecule has 0 spiro atoms. The molecule has 1 aromatic carbocycles. The molecule has 8 nitrogen and oxygen atoms in total. The lowest BCUT2D eigenvalue weighted by Gasteiger charge is -2.43. The number of piperidine rings is 1. The van der Waals surface area contributed by atoms with Crippen molar-refractivity contribution in [2.45, 2.75) is 18.9 Å². The van der Waals surface area contributed by atoms with Crippen LogP contribution in [-0.2, 0) is 13.6 Å². The summed E-state index contributed by atoms with van der Waals surface area (Å²) >= 11 is 0. The van der Waals surface area contributed by atoms with Gasteiger partial charge in [-0.1, -0.05) is 18.2 Å². The highest BCUT2D eigenvalue weighted by Gasteiger charge is 2.37. The quantitative estimate of drug-likeness (QED) is 0.674. The van der Waals surface area contributed by atoms with Gasteiger partial charge in [0.2, 0.25) is 0 Å². The van der Waals surface area contributed by atoms with Gasteiger partial charge in [-0.05, 0) is 36.6 Å². The molecule has 29 heavy (non-hydrogen) atoms. The highest BCUT2D eigenvalue weighted by atomic mass is 16.8. The molecule has 150 valence electrons. The van der Waals surface area contributed by atoms with Gasteiger partial charge in [0, 0.05) is 49.2 Å². The SMILES string of the molecule is Cn1c(C(=O)N2CC3CC(C2)c2ccc(N([O-])O)c(=O)n2C3)cc2ccccc21. The molecular formula is C21H21N4O4-. The Kier molecular flexibility index (Phi) is 4.01. The molecule has 0 saturated carbocycles. The molecule has 4 heterocycles. The fourth-order valence-corrected chi connectivity index (χ4v) is 4.90. The zero-order valence-electron chi connectivity index (χ0n) is 16.0. The Morgan fingerprint density at radius 2 is 1.97 bits per heavy atom. The standard InChI is InChI=1S/C21H21N4O4/c1-22-16-5-3-2-4-14(16)9-19(22)20(26)23-10-13-8-15(12-23)17-6-7-18(25(28)29)21(27)24(17)11-13/h2-7,9,13,15,28H,8,10-12H2,1H3/q-1. The van der Waals surface area contributed by atoms with E-state index in [0.717, 1.165) is 23.0 Å². The van der Waals surface area contributed by atoms with E-state index < -0.39 is 5.56 Å². The van der Waals surface area contributed by atoms with E-state index in [4.69, 9.17) is 5.21 Å². The number of hydrogen-bond acceptors (Lipinski definition) is 5. The van der Waals surface area contributed by atoms with Gasteiger partial charge >= 0.3 is 0 Å². The van der Waals surface area contributed by atoms with Crippen molar-refractivity contribution in [3.63, 3.8) is 0 Å². The number of para-hydroxylation sites is 1. The van der Waals surface area contributed by atoms with Crippen LogP contribution in [0.2, 0.25) is 0 Å². The highest BCUT2D eigenvalue weighted by molar-refractivity contribution is 5.98. The number of rotatable bonds is 2. The fourth-order valence-electron chi connectivity index (χ4n) is 4.90. The smallest absolute Gasteiger partial charge is 0.275 e. The van der Waals surface area contributed by atoms with Crippen LogP contribution in [0, 0.1) is 11.1 Å². The number of hydrogen-bond donors (Lipinski definition) is 1. The number of likely N-dealkylation sites (tertiary alicyclic amines) is 1. The number of pyridine rings is 1. The van der Waals surface area contributed by atoms with E-state index in [9.17, 15) is 14.8 Å². The summed E-state index contributed by atoms with van der Waals surface area (Å²) in [6.45, 7) is 1.52. The first-order valence-electron chi connectivity index (χ1n) is 9.67. The van der Waals surface area contributed by atoms with Crippen LogP contribution >= 0.6 is 0 Å². The van der Waals surface area contributed by atoms with Crippen molar-refractivity contribution in [1.29, 1.82) is 0 Å². The van der Waals surface area contributed by atoms with Gasteiger partial charge in [0.1, 0.15) is 11.4 Å². The van der Waals surface area contributed by atoms with Crippen LogP contribution in [-0.4, -0.2) is 38.2 Å². The minimum absolute atomic E-state index is 0.00749. The predicted octanol–water partition coefficient (Wildman–Crippen LogP) is 2.29. The number of aryl methyl sites for hydroxylation is 1. The Hall–Kier alpha value is -3.10. The largest absolute Gasteiger partial charge is 0.733 e. The summed E-state index contributed by atoms with van der Waals surface area (Å²) in [5, 5.41) is 21.0. The second-order valence-corrected chi connectivity index (χ2v) is 7.99. The summed E-state index contributed by atoms with van der Waals surface area (Å²) in [7, 11) is 1.90. The number of nitrogens with zero attached hydrogens (tertiary/aromatic N) is 4. The Morgan fingerprint density at radius 3 is 2.72 bits per heavy atom. The van der Waals surface area contributed by atoms with E-state index in [-0.39, 0.29) is 28.7 Å². The maximum atomic E-state index is 13.3. The van der Waals surface area contributed by atoms with Gasteiger partial charge in [-0.15, -0.1) is 0 Å². The molecule has 8 heteroatoms. The molecule has 0 radical (unpaired) electrons. The monoisotopic (exact) mass is 393 g/mol. The predicted molar refractivity (Wildman–Crippen MR) is 108 cm³/mol. The lowest BCUT2D eigenvalue weighted by Crippen LogP contribution is -2.49. The van der Waals surface area contributed by atoms with Gasteiger partial charge in [-0.3, -0.25) is 14.8 Å². The third kappa shape index (κ3) is 2.75. The van der Waals surface area contributed by atoms with Gasteiger partial charge in [-0.2, -0.15) is 0 Å². The minimum atomic E-state index is -0.483. The number of carbonyl (C=O) groups excluding carboxylic acids is 1. The van der Waals surface area contributed by atoms with E-state index in [0.29, 0.717) is 25.3 Å². The van der Waals surface area contributed by atoms with Crippen molar-refractivity contribution >= 4 is 22.5 Å². The highest BCUT2D eigenvalue weighted by Crippen LogP contribution is 2.36. The Morgan fingerprint density at radius 1 is 1.17 bits per heavy atom. The molecule has 2 unspecified atom stereocenters. The molecule has 3 aromatic rings. The van der Waals surface area contributed by atoms with Gasteiger partial charge < -0.3 is 24.5 Å². The maximum Gasteiger partial charge on any atom is 0.275 e. The lowest BCUT2D eigenvalue weighted by atomic mass is 9.83. The molecule has 5 rings (SSSR count). The first-order valence-corrected chi connectivity index (χ1v) is 9.67. The summed E-state index contributed by atoms with van der Waals surface area (Å²) in [5.74, 6) is 0.153. The lowest BCUT2D eigenvalue weighted by molar-refractivity contribution is 0.0585. The first-order chi connectivity index (χ1) is 13.9. The van der Waals surface area contributed by atoms with Crippen molar-refractivity contribution in [3.05, 3.63) is 69.4 Å². The van der Waals surface area contributed by atoms with Crippen molar-refractivity contribution in [3.8, 4) is 0 Å². The van der Waals surface area contributed by atoms with Gasteiger partial charge in [0.15, 0.2) is 0 Å². The van der Waals surface area contributed by atoms with Gasteiger partial charge in [0.05, 0.1) is 0 Å². The van der Waals surface area contributed by atoms with Crippen LogP contribution in [0.4, 0.5) is 5.69 Å². The molecule has 1 fully saturated rings. The molecule has 2 aromatic heterocycles. The summed E-state index contributed by atoms with van der Waals surface area (Å²) in [6, 6.07) is 12.9. The zero-order chi connectivity index (χ0) is 20.3. The van der Waals surface area contributed by atoms with Crippen LogP contribution < -0.4 is 10.8 Å². The van der Waals surface area contributed by atoms with E-state index in [1.165, 1.54) is 6.07 Å². The molecule has 2 aliphatic heterocycles. The summed E-state index contributed by atoms with van der Waals surface area (Å²) < 4.78 is 3.50. The molecule has 2 bridgehead atoms. The molecular weight excluding hydrogens is 372 g/mol. The number of anilines is 1. The number of amides is 1. The second-order valence-electron chi connectivity index (χ2n) is 7.99. The molecule has 0 aliphatic carbocycles. The minimum Gasteiger partial charge on any atom is -0.733 e. The third-order valence-electron chi connectivity index (χ3n) is 6.25. The van der Waals surface area contributed by atoms with Crippen molar-refractivity contribution in [1.82, 2.24) is 14.0 Å². The topological polar surface area (TPSA) is 93.8 Å². The van der Waals surface area contributed by atoms with Crippen molar-refractivity contribution in [2.75, 3.05) is 18.3 Å². The second kappa shape index (κ2) is 6.47.